The first-order valence-corrected chi connectivity index (χ1v) is 8.32. The maximum Gasteiger partial charge on any atom is 0.234 e. The Hall–Kier alpha value is -2.33. The molecule has 0 saturated heterocycles. The van der Waals surface area contributed by atoms with E-state index in [0.29, 0.717) is 48.7 Å². The van der Waals surface area contributed by atoms with Crippen molar-refractivity contribution in [2.75, 3.05) is 38.0 Å². The molecule has 1 aliphatic rings. The Kier molecular flexibility index (Phi) is 5.49. The van der Waals surface area contributed by atoms with E-state index in [9.17, 15) is 4.79 Å². The number of thioether (sulfide) groups is 1. The molecule has 1 aliphatic heterocycles. The van der Waals surface area contributed by atoms with Gasteiger partial charge >= 0.3 is 0 Å². The molecule has 0 radical (unpaired) electrons. The van der Waals surface area contributed by atoms with Crippen molar-refractivity contribution in [1.82, 2.24) is 20.2 Å². The summed E-state index contributed by atoms with van der Waals surface area (Å²) in [5, 5.41) is 14.8. The Labute approximate surface area is 142 Å². The molecule has 0 spiro atoms. The van der Waals surface area contributed by atoms with Crippen LogP contribution in [0.4, 0.5) is 5.69 Å². The molecule has 0 atom stereocenters. The molecule has 1 aromatic carbocycles. The van der Waals surface area contributed by atoms with Gasteiger partial charge in [-0.05, 0) is 22.6 Å². The van der Waals surface area contributed by atoms with Gasteiger partial charge in [0.05, 0.1) is 18.9 Å². The fraction of sp³-hybridized carbons (Fsp3) is 0.429. The van der Waals surface area contributed by atoms with Gasteiger partial charge in [-0.15, -0.1) is 5.10 Å². The number of methoxy groups -OCH3 is 1. The molecule has 0 bridgehead atoms. The first kappa shape index (κ1) is 16.5. The zero-order chi connectivity index (χ0) is 16.8. The summed E-state index contributed by atoms with van der Waals surface area (Å²) in [7, 11) is 1.61. The summed E-state index contributed by atoms with van der Waals surface area (Å²) in [6.07, 6.45) is 0. The molecule has 0 aliphatic carbocycles. The first-order valence-electron chi connectivity index (χ1n) is 7.33. The Bertz CT molecular complexity index is 708. The van der Waals surface area contributed by atoms with Crippen LogP contribution in [0.5, 0.6) is 11.5 Å². The number of amides is 1. The number of benzene rings is 1. The summed E-state index contributed by atoms with van der Waals surface area (Å²) >= 11 is 1.26. The van der Waals surface area contributed by atoms with Crippen molar-refractivity contribution in [3.8, 4) is 11.5 Å². The smallest absolute Gasteiger partial charge is 0.234 e. The van der Waals surface area contributed by atoms with Gasteiger partial charge in [0.2, 0.25) is 11.1 Å². The number of hydrogen-bond acceptors (Lipinski definition) is 8. The first-order chi connectivity index (χ1) is 11.8. The lowest BCUT2D eigenvalue weighted by atomic mass is 10.2. The fourth-order valence-electron chi connectivity index (χ4n) is 2.07. The summed E-state index contributed by atoms with van der Waals surface area (Å²) in [6, 6.07) is 5.31. The number of rotatable bonds is 7. The maximum atomic E-state index is 12.1. The largest absolute Gasteiger partial charge is 0.486 e. The topological polar surface area (TPSA) is 100 Å². The van der Waals surface area contributed by atoms with Crippen molar-refractivity contribution in [1.29, 1.82) is 0 Å². The summed E-state index contributed by atoms with van der Waals surface area (Å²) in [4.78, 5) is 12.1. The molecule has 1 amide bonds. The van der Waals surface area contributed by atoms with Crippen molar-refractivity contribution in [2.24, 2.45) is 0 Å². The molecular weight excluding hydrogens is 334 g/mol. The molecule has 0 fully saturated rings. The van der Waals surface area contributed by atoms with E-state index in [1.165, 1.54) is 11.8 Å². The molecule has 1 aromatic heterocycles. The number of fused-ring (bicyclic) bond motifs is 1. The van der Waals surface area contributed by atoms with Gasteiger partial charge in [0.25, 0.3) is 0 Å². The zero-order valence-electron chi connectivity index (χ0n) is 13.1. The van der Waals surface area contributed by atoms with Gasteiger partial charge in [-0.3, -0.25) is 4.79 Å². The van der Waals surface area contributed by atoms with Crippen molar-refractivity contribution >= 4 is 23.4 Å². The quantitative estimate of drug-likeness (QED) is 0.732. The van der Waals surface area contributed by atoms with Gasteiger partial charge in [-0.1, -0.05) is 11.8 Å². The van der Waals surface area contributed by atoms with Crippen LogP contribution in [0.15, 0.2) is 23.4 Å². The van der Waals surface area contributed by atoms with E-state index < -0.39 is 0 Å². The Balaban J connectivity index is 1.53. The Morgan fingerprint density at radius 2 is 2.21 bits per heavy atom. The molecule has 128 valence electrons. The monoisotopic (exact) mass is 351 g/mol. The van der Waals surface area contributed by atoms with E-state index in [1.807, 2.05) is 0 Å². The average Bonchev–Trinajstić information content (AvgIpc) is 3.05. The predicted molar refractivity (Wildman–Crippen MR) is 86.5 cm³/mol. The molecule has 0 unspecified atom stereocenters. The van der Waals surface area contributed by atoms with Crippen molar-refractivity contribution in [2.45, 2.75) is 11.7 Å². The molecule has 2 heterocycles. The van der Waals surface area contributed by atoms with Gasteiger partial charge in [-0.25, -0.2) is 4.68 Å². The van der Waals surface area contributed by atoms with Crippen LogP contribution >= 0.6 is 11.8 Å². The third-order valence-electron chi connectivity index (χ3n) is 3.16. The SMILES string of the molecule is COCCn1nnnc1SCC(=O)Nc1ccc2c(c1)OCCO2. The van der Waals surface area contributed by atoms with Crippen molar-refractivity contribution in [3.05, 3.63) is 18.2 Å². The molecular formula is C14H17N5O4S. The third kappa shape index (κ3) is 4.15. The lowest BCUT2D eigenvalue weighted by Gasteiger charge is -2.18. The summed E-state index contributed by atoms with van der Waals surface area (Å²) in [6.45, 7) is 2.08. The van der Waals surface area contributed by atoms with E-state index in [1.54, 1.807) is 30.0 Å². The Morgan fingerprint density at radius 1 is 1.38 bits per heavy atom. The predicted octanol–water partition coefficient (Wildman–Crippen LogP) is 0.821. The number of carbonyl (C=O) groups is 1. The third-order valence-corrected chi connectivity index (χ3v) is 4.12. The minimum atomic E-state index is -0.155. The van der Waals surface area contributed by atoms with E-state index in [-0.39, 0.29) is 11.7 Å². The molecule has 9 nitrogen and oxygen atoms in total. The van der Waals surface area contributed by atoms with Gasteiger partial charge in [0.15, 0.2) is 11.5 Å². The maximum absolute atomic E-state index is 12.1. The van der Waals surface area contributed by atoms with Crippen LogP contribution in [0.25, 0.3) is 0 Å². The lowest BCUT2D eigenvalue weighted by molar-refractivity contribution is -0.113. The molecule has 0 saturated carbocycles. The number of aromatic nitrogens is 4. The second-order valence-corrected chi connectivity index (χ2v) is 5.82. The average molecular weight is 351 g/mol. The van der Waals surface area contributed by atoms with E-state index in [2.05, 4.69) is 20.8 Å². The highest BCUT2D eigenvalue weighted by Gasteiger charge is 2.14. The van der Waals surface area contributed by atoms with E-state index in [0.717, 1.165) is 0 Å². The second kappa shape index (κ2) is 7.97. The normalized spacial score (nSPS) is 12.9. The highest BCUT2D eigenvalue weighted by Crippen LogP contribution is 2.32. The molecule has 1 N–H and O–H groups in total. The number of hydrogen-bond donors (Lipinski definition) is 1. The molecule has 2 aromatic rings. The lowest BCUT2D eigenvalue weighted by Crippen LogP contribution is -2.17. The van der Waals surface area contributed by atoms with Crippen LogP contribution in [-0.4, -0.2) is 58.8 Å². The fourth-order valence-corrected chi connectivity index (χ4v) is 2.77. The zero-order valence-corrected chi connectivity index (χ0v) is 13.9. The molecule has 3 rings (SSSR count). The highest BCUT2D eigenvalue weighted by molar-refractivity contribution is 7.99. The van der Waals surface area contributed by atoms with Crippen LogP contribution < -0.4 is 14.8 Å². The number of anilines is 1. The molecule has 24 heavy (non-hydrogen) atoms. The second-order valence-electron chi connectivity index (χ2n) is 4.87. The number of tetrazole rings is 1. The Morgan fingerprint density at radius 3 is 3.04 bits per heavy atom. The van der Waals surface area contributed by atoms with Crippen LogP contribution in [0.2, 0.25) is 0 Å². The van der Waals surface area contributed by atoms with Gasteiger partial charge in [-0.2, -0.15) is 0 Å². The van der Waals surface area contributed by atoms with Crippen LogP contribution in [0.1, 0.15) is 0 Å². The summed E-state index contributed by atoms with van der Waals surface area (Å²) in [5.41, 5.74) is 0.656. The van der Waals surface area contributed by atoms with E-state index >= 15 is 0 Å². The van der Waals surface area contributed by atoms with Crippen LogP contribution in [0, 0.1) is 0 Å². The summed E-state index contributed by atoms with van der Waals surface area (Å²) in [5.74, 6) is 1.36. The van der Waals surface area contributed by atoms with Crippen LogP contribution in [-0.2, 0) is 16.1 Å². The molecule has 10 heteroatoms. The number of ether oxygens (including phenoxy) is 3. The van der Waals surface area contributed by atoms with Gasteiger partial charge in [0, 0.05) is 18.9 Å². The number of carbonyl (C=O) groups excluding carboxylic acids is 1. The van der Waals surface area contributed by atoms with Crippen LogP contribution in [0.3, 0.4) is 0 Å². The van der Waals surface area contributed by atoms with Crippen molar-refractivity contribution < 1.29 is 19.0 Å². The van der Waals surface area contributed by atoms with Gasteiger partial charge in [0.1, 0.15) is 13.2 Å². The standard InChI is InChI=1S/C14H17N5O4S/c1-21-5-4-19-14(16-17-18-19)24-9-13(20)15-10-2-3-11-12(8-10)23-7-6-22-11/h2-3,8H,4-7,9H2,1H3,(H,15,20). The highest BCUT2D eigenvalue weighted by atomic mass is 32.2. The van der Waals surface area contributed by atoms with Crippen molar-refractivity contribution in [3.63, 3.8) is 0 Å². The number of nitrogens with one attached hydrogen (secondary N) is 1. The van der Waals surface area contributed by atoms with Gasteiger partial charge < -0.3 is 19.5 Å². The minimum absolute atomic E-state index is 0.155. The number of nitrogens with zero attached hydrogens (tertiary/aromatic N) is 4. The minimum Gasteiger partial charge on any atom is -0.486 e. The van der Waals surface area contributed by atoms with E-state index in [4.69, 9.17) is 14.2 Å². The summed E-state index contributed by atoms with van der Waals surface area (Å²) < 4.78 is 17.5.